The highest BCUT2D eigenvalue weighted by Crippen LogP contribution is 2.22. The molecule has 2 aromatic rings. The zero-order chi connectivity index (χ0) is 16.8. The number of methoxy groups -OCH3 is 1. The molecule has 1 aliphatic rings. The molecule has 24 heavy (non-hydrogen) atoms. The van der Waals surface area contributed by atoms with Crippen LogP contribution >= 0.6 is 0 Å². The Kier molecular flexibility index (Phi) is 5.20. The van der Waals surface area contributed by atoms with Gasteiger partial charge >= 0.3 is 0 Å². The minimum atomic E-state index is -0.0423. The molecular formula is C17H21N5O2. The molecule has 7 heteroatoms. The third kappa shape index (κ3) is 3.98. The number of hydrogen-bond donors (Lipinski definition) is 1. The van der Waals surface area contributed by atoms with Crippen LogP contribution in [0.4, 0.5) is 5.82 Å². The summed E-state index contributed by atoms with van der Waals surface area (Å²) in [6.45, 7) is 2.04. The average Bonchev–Trinajstić information content (AvgIpc) is 2.67. The Morgan fingerprint density at radius 3 is 3.00 bits per heavy atom. The molecule has 0 spiro atoms. The number of anilines is 1. The zero-order valence-corrected chi connectivity index (χ0v) is 13.7. The van der Waals surface area contributed by atoms with Gasteiger partial charge in [-0.15, -0.1) is 10.2 Å². The highest BCUT2D eigenvalue weighted by Gasteiger charge is 2.26. The van der Waals surface area contributed by atoms with E-state index in [-0.39, 0.29) is 11.8 Å². The van der Waals surface area contributed by atoms with E-state index in [1.54, 1.807) is 25.6 Å². The van der Waals surface area contributed by atoms with E-state index in [4.69, 9.17) is 4.74 Å². The summed E-state index contributed by atoms with van der Waals surface area (Å²) in [6, 6.07) is 7.48. The van der Waals surface area contributed by atoms with Gasteiger partial charge in [-0.05, 0) is 30.5 Å². The summed E-state index contributed by atoms with van der Waals surface area (Å²) in [7, 11) is 1.56. The molecule has 0 bridgehead atoms. The van der Waals surface area contributed by atoms with Gasteiger partial charge in [0.05, 0.1) is 13.0 Å². The largest absolute Gasteiger partial charge is 0.480 e. The Labute approximate surface area is 141 Å². The second kappa shape index (κ2) is 7.72. The van der Waals surface area contributed by atoms with Crippen molar-refractivity contribution in [3.63, 3.8) is 0 Å². The van der Waals surface area contributed by atoms with Crippen molar-refractivity contribution in [3.8, 4) is 5.88 Å². The fourth-order valence-corrected chi connectivity index (χ4v) is 2.83. The Balaban J connectivity index is 1.57. The lowest BCUT2D eigenvalue weighted by molar-refractivity contribution is -0.125. The third-order valence-corrected chi connectivity index (χ3v) is 4.14. The van der Waals surface area contributed by atoms with Crippen LogP contribution < -0.4 is 15.0 Å². The van der Waals surface area contributed by atoms with Crippen LogP contribution in [-0.4, -0.2) is 41.3 Å². The van der Waals surface area contributed by atoms with Gasteiger partial charge in [-0.1, -0.05) is 6.07 Å². The summed E-state index contributed by atoms with van der Waals surface area (Å²) < 4.78 is 5.03. The molecule has 1 N–H and O–H groups in total. The first kappa shape index (κ1) is 16.2. The number of carbonyl (C=O) groups is 1. The second-order valence-corrected chi connectivity index (χ2v) is 5.80. The minimum absolute atomic E-state index is 0.0423. The van der Waals surface area contributed by atoms with E-state index >= 15 is 0 Å². The maximum absolute atomic E-state index is 12.4. The normalized spacial score (nSPS) is 17.4. The lowest BCUT2D eigenvalue weighted by Gasteiger charge is -2.32. The van der Waals surface area contributed by atoms with Crippen LogP contribution in [0.2, 0.25) is 0 Å². The molecule has 3 heterocycles. The van der Waals surface area contributed by atoms with Gasteiger partial charge < -0.3 is 15.0 Å². The molecule has 0 saturated carbocycles. The Hall–Kier alpha value is -2.70. The maximum Gasteiger partial charge on any atom is 0.233 e. The summed E-state index contributed by atoms with van der Waals surface area (Å²) in [5, 5.41) is 11.2. The molecule has 0 aliphatic carbocycles. The van der Waals surface area contributed by atoms with Crippen molar-refractivity contribution in [1.29, 1.82) is 0 Å². The molecular weight excluding hydrogens is 306 g/mol. The molecule has 3 rings (SSSR count). The molecule has 0 aromatic carbocycles. The van der Waals surface area contributed by atoms with E-state index in [2.05, 4.69) is 25.4 Å². The maximum atomic E-state index is 12.4. The van der Waals surface area contributed by atoms with Crippen LogP contribution in [-0.2, 0) is 11.3 Å². The predicted molar refractivity (Wildman–Crippen MR) is 89.6 cm³/mol. The van der Waals surface area contributed by atoms with E-state index < -0.39 is 0 Å². The number of nitrogens with one attached hydrogen (secondary N) is 1. The lowest BCUT2D eigenvalue weighted by Crippen LogP contribution is -2.43. The minimum Gasteiger partial charge on any atom is -0.480 e. The standard InChI is InChI=1S/C17H21N5O2/c1-24-16-7-6-15(20-21-16)22-9-3-5-14(12-22)17(23)19-11-13-4-2-8-18-10-13/h2,4,6-8,10,14H,3,5,9,11-12H2,1H3,(H,19,23). The molecule has 126 valence electrons. The first-order chi connectivity index (χ1) is 11.8. The van der Waals surface area contributed by atoms with Gasteiger partial charge in [0, 0.05) is 38.1 Å². The summed E-state index contributed by atoms with van der Waals surface area (Å²) in [4.78, 5) is 18.6. The molecule has 1 amide bonds. The molecule has 1 atom stereocenters. The van der Waals surface area contributed by atoms with Gasteiger partial charge in [0.2, 0.25) is 11.8 Å². The molecule has 1 fully saturated rings. The quantitative estimate of drug-likeness (QED) is 0.894. The number of nitrogens with zero attached hydrogens (tertiary/aromatic N) is 4. The molecule has 1 saturated heterocycles. The molecule has 2 aromatic heterocycles. The van der Waals surface area contributed by atoms with E-state index in [1.807, 2.05) is 18.2 Å². The highest BCUT2D eigenvalue weighted by atomic mass is 16.5. The molecule has 0 radical (unpaired) electrons. The number of amides is 1. The van der Waals surface area contributed by atoms with Crippen LogP contribution in [0.1, 0.15) is 18.4 Å². The van der Waals surface area contributed by atoms with Crippen LogP contribution in [0.3, 0.4) is 0 Å². The van der Waals surface area contributed by atoms with Crippen molar-refractivity contribution < 1.29 is 9.53 Å². The highest BCUT2D eigenvalue weighted by molar-refractivity contribution is 5.79. The van der Waals surface area contributed by atoms with E-state index in [1.165, 1.54) is 0 Å². The predicted octanol–water partition coefficient (Wildman–Crippen LogP) is 1.41. The average molecular weight is 327 g/mol. The van der Waals surface area contributed by atoms with Gasteiger partial charge in [-0.2, -0.15) is 0 Å². The Bertz CT molecular complexity index is 662. The van der Waals surface area contributed by atoms with Gasteiger partial charge in [-0.25, -0.2) is 0 Å². The smallest absolute Gasteiger partial charge is 0.233 e. The van der Waals surface area contributed by atoms with Crippen molar-refractivity contribution in [2.24, 2.45) is 5.92 Å². The van der Waals surface area contributed by atoms with Crippen molar-refractivity contribution in [3.05, 3.63) is 42.2 Å². The molecule has 1 aliphatic heterocycles. The van der Waals surface area contributed by atoms with Crippen molar-refractivity contribution in [1.82, 2.24) is 20.5 Å². The topological polar surface area (TPSA) is 80.2 Å². The number of aromatic nitrogens is 3. The number of piperidine rings is 1. The van der Waals surface area contributed by atoms with Gasteiger partial charge in [0.25, 0.3) is 0 Å². The number of rotatable bonds is 5. The van der Waals surface area contributed by atoms with Crippen molar-refractivity contribution in [2.75, 3.05) is 25.1 Å². The van der Waals surface area contributed by atoms with Gasteiger partial charge in [0.15, 0.2) is 5.82 Å². The van der Waals surface area contributed by atoms with Gasteiger partial charge in [-0.3, -0.25) is 9.78 Å². The lowest BCUT2D eigenvalue weighted by atomic mass is 9.97. The van der Waals surface area contributed by atoms with E-state index in [9.17, 15) is 4.79 Å². The summed E-state index contributed by atoms with van der Waals surface area (Å²) in [6.07, 6.45) is 5.33. The van der Waals surface area contributed by atoms with Crippen LogP contribution in [0.15, 0.2) is 36.7 Å². The second-order valence-electron chi connectivity index (χ2n) is 5.80. The van der Waals surface area contributed by atoms with Crippen LogP contribution in [0.5, 0.6) is 5.88 Å². The van der Waals surface area contributed by atoms with Crippen molar-refractivity contribution in [2.45, 2.75) is 19.4 Å². The summed E-state index contributed by atoms with van der Waals surface area (Å²) in [5.41, 5.74) is 1.000. The first-order valence-corrected chi connectivity index (χ1v) is 8.05. The van der Waals surface area contributed by atoms with Crippen LogP contribution in [0.25, 0.3) is 0 Å². The van der Waals surface area contributed by atoms with E-state index in [0.717, 1.165) is 30.8 Å². The first-order valence-electron chi connectivity index (χ1n) is 8.05. The van der Waals surface area contributed by atoms with E-state index in [0.29, 0.717) is 19.0 Å². The summed E-state index contributed by atoms with van der Waals surface area (Å²) in [5.74, 6) is 1.30. The van der Waals surface area contributed by atoms with Crippen LogP contribution in [0, 0.1) is 5.92 Å². The number of carbonyl (C=O) groups excluding carboxylic acids is 1. The molecule has 7 nitrogen and oxygen atoms in total. The fourth-order valence-electron chi connectivity index (χ4n) is 2.83. The van der Waals surface area contributed by atoms with Crippen molar-refractivity contribution >= 4 is 11.7 Å². The third-order valence-electron chi connectivity index (χ3n) is 4.14. The fraction of sp³-hybridized carbons (Fsp3) is 0.412. The Morgan fingerprint density at radius 2 is 2.29 bits per heavy atom. The number of ether oxygens (including phenoxy) is 1. The number of hydrogen-bond acceptors (Lipinski definition) is 6. The summed E-state index contributed by atoms with van der Waals surface area (Å²) >= 11 is 0. The zero-order valence-electron chi connectivity index (χ0n) is 13.7. The molecule has 1 unspecified atom stereocenters. The monoisotopic (exact) mass is 327 g/mol. The Morgan fingerprint density at radius 1 is 1.38 bits per heavy atom. The van der Waals surface area contributed by atoms with Gasteiger partial charge in [0.1, 0.15) is 0 Å². The number of pyridine rings is 1. The SMILES string of the molecule is COc1ccc(N2CCCC(C(=O)NCc3cccnc3)C2)nn1.